The lowest BCUT2D eigenvalue weighted by atomic mass is 9.99. The zero-order valence-electron chi connectivity index (χ0n) is 19.5. The molecule has 0 aliphatic carbocycles. The van der Waals surface area contributed by atoms with Crippen molar-refractivity contribution in [1.82, 2.24) is 19.9 Å². The maximum absolute atomic E-state index is 14.6. The fourth-order valence-corrected chi connectivity index (χ4v) is 3.89. The summed E-state index contributed by atoms with van der Waals surface area (Å²) in [6.07, 6.45) is 0.810. The van der Waals surface area contributed by atoms with Crippen LogP contribution in [-0.2, 0) is 13.0 Å². The molecule has 8 heteroatoms. The number of benzene rings is 1. The zero-order chi connectivity index (χ0) is 24.6. The molecule has 34 heavy (non-hydrogen) atoms. The first-order valence-corrected chi connectivity index (χ1v) is 11.0. The van der Waals surface area contributed by atoms with Crippen molar-refractivity contribution in [1.29, 1.82) is 0 Å². The number of nitrogens with zero attached hydrogens (tertiary/aromatic N) is 3. The topological polar surface area (TPSA) is 80.0 Å². The van der Waals surface area contributed by atoms with Gasteiger partial charge in [0.2, 0.25) is 0 Å². The van der Waals surface area contributed by atoms with Crippen LogP contribution < -0.4 is 5.32 Å². The normalized spacial score (nSPS) is 15.9. The second-order valence-electron chi connectivity index (χ2n) is 9.11. The predicted molar refractivity (Wildman–Crippen MR) is 123 cm³/mol. The molecule has 0 fully saturated rings. The molecule has 1 aliphatic heterocycles. The molecule has 3 aromatic rings. The van der Waals surface area contributed by atoms with Crippen LogP contribution in [0.25, 0.3) is 0 Å². The van der Waals surface area contributed by atoms with E-state index in [2.05, 4.69) is 27.1 Å². The summed E-state index contributed by atoms with van der Waals surface area (Å²) in [5.74, 6) is 3.96. The van der Waals surface area contributed by atoms with Gasteiger partial charge in [0.05, 0.1) is 35.9 Å². The number of alkyl halides is 1. The van der Waals surface area contributed by atoms with Gasteiger partial charge in [-0.3, -0.25) is 4.79 Å². The molecule has 0 saturated heterocycles. The standard InChI is InChI=1S/C26H26F2N4O2/c1-15-5-7-17(8-6-15)23(24-21-12-19(27)13-32(21)14-29-24)31-25(33)20-11-18(9-10-26(3,4)34)22(28)16(2)30-20/h5-8,11,14,19,23,34H,12-13H2,1-4H3,(H,31,33)/t19-,23?/m1/s1. The van der Waals surface area contributed by atoms with Crippen molar-refractivity contribution in [3.63, 3.8) is 0 Å². The number of aryl methyl sites for hydroxylation is 2. The molecular formula is C26H26F2N4O2. The molecular weight excluding hydrogens is 438 g/mol. The molecule has 0 radical (unpaired) electrons. The zero-order valence-corrected chi connectivity index (χ0v) is 19.5. The first-order valence-electron chi connectivity index (χ1n) is 11.0. The van der Waals surface area contributed by atoms with Crippen LogP contribution in [0.15, 0.2) is 36.7 Å². The molecule has 2 atom stereocenters. The summed E-state index contributed by atoms with van der Waals surface area (Å²) >= 11 is 0. The fourth-order valence-electron chi connectivity index (χ4n) is 3.89. The molecule has 176 valence electrons. The average Bonchev–Trinajstić information content (AvgIpc) is 3.32. The molecule has 1 unspecified atom stereocenters. The molecule has 1 aromatic carbocycles. The number of amides is 1. The summed E-state index contributed by atoms with van der Waals surface area (Å²) in [7, 11) is 0. The van der Waals surface area contributed by atoms with E-state index >= 15 is 0 Å². The predicted octanol–water partition coefficient (Wildman–Crippen LogP) is 3.57. The Morgan fingerprint density at radius 1 is 1.29 bits per heavy atom. The third-order valence-electron chi connectivity index (χ3n) is 5.61. The van der Waals surface area contributed by atoms with E-state index in [4.69, 9.17) is 0 Å². The Hall–Kier alpha value is -3.57. The summed E-state index contributed by atoms with van der Waals surface area (Å²) in [6, 6.07) is 8.24. The van der Waals surface area contributed by atoms with E-state index in [1.807, 2.05) is 31.2 Å². The quantitative estimate of drug-likeness (QED) is 0.579. The molecule has 0 bridgehead atoms. The van der Waals surface area contributed by atoms with E-state index in [1.54, 1.807) is 10.9 Å². The molecule has 0 spiro atoms. The summed E-state index contributed by atoms with van der Waals surface area (Å²) in [6.45, 7) is 6.61. The van der Waals surface area contributed by atoms with Gasteiger partial charge in [-0.1, -0.05) is 41.7 Å². The molecule has 6 nitrogen and oxygen atoms in total. The molecule has 1 amide bonds. The summed E-state index contributed by atoms with van der Waals surface area (Å²) in [5, 5.41) is 12.8. The molecule has 1 aliphatic rings. The van der Waals surface area contributed by atoms with Crippen LogP contribution in [-0.4, -0.2) is 37.3 Å². The van der Waals surface area contributed by atoms with Crippen LogP contribution in [0.5, 0.6) is 0 Å². The minimum Gasteiger partial charge on any atom is -0.378 e. The minimum atomic E-state index is -1.32. The highest BCUT2D eigenvalue weighted by Crippen LogP contribution is 2.29. The third kappa shape index (κ3) is 5.00. The monoisotopic (exact) mass is 464 g/mol. The number of nitrogens with one attached hydrogen (secondary N) is 1. The van der Waals surface area contributed by atoms with Crippen LogP contribution in [0, 0.1) is 31.5 Å². The summed E-state index contributed by atoms with van der Waals surface area (Å²) < 4.78 is 30.4. The van der Waals surface area contributed by atoms with Crippen molar-refractivity contribution in [2.45, 2.75) is 58.5 Å². The van der Waals surface area contributed by atoms with Gasteiger partial charge >= 0.3 is 0 Å². The van der Waals surface area contributed by atoms with Gasteiger partial charge in [-0.2, -0.15) is 0 Å². The van der Waals surface area contributed by atoms with E-state index in [0.29, 0.717) is 5.69 Å². The minimum absolute atomic E-state index is 0.0164. The number of hydrogen-bond donors (Lipinski definition) is 2. The second kappa shape index (κ2) is 8.99. The van der Waals surface area contributed by atoms with Crippen LogP contribution in [0.1, 0.15) is 64.1 Å². The van der Waals surface area contributed by atoms with Gasteiger partial charge in [-0.25, -0.2) is 18.7 Å². The molecule has 3 heterocycles. The number of pyridine rings is 1. The van der Waals surface area contributed by atoms with Crippen molar-refractivity contribution < 1.29 is 18.7 Å². The lowest BCUT2D eigenvalue weighted by Gasteiger charge is -2.19. The van der Waals surface area contributed by atoms with E-state index in [-0.39, 0.29) is 29.9 Å². The van der Waals surface area contributed by atoms with E-state index in [0.717, 1.165) is 16.8 Å². The van der Waals surface area contributed by atoms with Gasteiger partial charge < -0.3 is 15.0 Å². The highest BCUT2D eigenvalue weighted by atomic mass is 19.1. The summed E-state index contributed by atoms with van der Waals surface area (Å²) in [5.41, 5.74) is 1.78. The Bertz CT molecular complexity index is 1300. The van der Waals surface area contributed by atoms with Gasteiger partial charge in [-0.15, -0.1) is 0 Å². The van der Waals surface area contributed by atoms with E-state index < -0.39 is 29.5 Å². The lowest BCUT2D eigenvalue weighted by Crippen LogP contribution is -2.31. The summed E-state index contributed by atoms with van der Waals surface area (Å²) in [4.78, 5) is 21.8. The van der Waals surface area contributed by atoms with Crippen molar-refractivity contribution in [2.24, 2.45) is 0 Å². The van der Waals surface area contributed by atoms with Gasteiger partial charge in [0.15, 0.2) is 5.82 Å². The molecule has 2 aromatic heterocycles. The highest BCUT2D eigenvalue weighted by Gasteiger charge is 2.30. The van der Waals surface area contributed by atoms with Crippen molar-refractivity contribution in [3.8, 4) is 11.8 Å². The Labute approximate surface area is 197 Å². The van der Waals surface area contributed by atoms with Crippen LogP contribution in [0.3, 0.4) is 0 Å². The van der Waals surface area contributed by atoms with Crippen molar-refractivity contribution in [3.05, 3.63) is 81.9 Å². The van der Waals surface area contributed by atoms with Gasteiger partial charge in [-0.05, 0) is 39.3 Å². The van der Waals surface area contributed by atoms with Crippen LogP contribution in [0.2, 0.25) is 0 Å². The van der Waals surface area contributed by atoms with Crippen molar-refractivity contribution >= 4 is 5.91 Å². The number of carbonyl (C=O) groups excluding carboxylic acids is 1. The fraction of sp³-hybridized carbons (Fsp3) is 0.346. The molecule has 4 rings (SSSR count). The molecule has 0 saturated carbocycles. The Morgan fingerprint density at radius 3 is 2.68 bits per heavy atom. The largest absolute Gasteiger partial charge is 0.378 e. The maximum Gasteiger partial charge on any atom is 0.270 e. The smallest absolute Gasteiger partial charge is 0.270 e. The number of carbonyl (C=O) groups is 1. The third-order valence-corrected chi connectivity index (χ3v) is 5.61. The number of hydrogen-bond acceptors (Lipinski definition) is 4. The number of aromatic nitrogens is 3. The first kappa shape index (κ1) is 23.6. The number of halogens is 2. The average molecular weight is 465 g/mol. The Balaban J connectivity index is 1.71. The maximum atomic E-state index is 14.6. The van der Waals surface area contributed by atoms with E-state index in [1.165, 1.54) is 26.8 Å². The van der Waals surface area contributed by atoms with Gasteiger partial charge in [0.1, 0.15) is 17.5 Å². The molecule has 2 N–H and O–H groups in total. The van der Waals surface area contributed by atoms with Gasteiger partial charge in [0, 0.05) is 12.1 Å². The van der Waals surface area contributed by atoms with Gasteiger partial charge in [0.25, 0.3) is 5.91 Å². The van der Waals surface area contributed by atoms with E-state index in [9.17, 15) is 18.7 Å². The van der Waals surface area contributed by atoms with Crippen molar-refractivity contribution in [2.75, 3.05) is 0 Å². The number of aliphatic hydroxyl groups is 1. The Morgan fingerprint density at radius 2 is 2.00 bits per heavy atom. The Kier molecular flexibility index (Phi) is 6.24. The number of imidazole rings is 1. The number of rotatable bonds is 4. The highest BCUT2D eigenvalue weighted by molar-refractivity contribution is 5.93. The SMILES string of the molecule is Cc1ccc(C(NC(=O)c2cc(C#CC(C)(C)O)c(F)c(C)n2)c2ncn3c2C[C@@H](F)C3)cc1. The first-order chi connectivity index (χ1) is 16.0. The number of fused-ring (bicyclic) bond motifs is 1. The van der Waals surface area contributed by atoms with Crippen LogP contribution in [0.4, 0.5) is 8.78 Å². The second-order valence-corrected chi connectivity index (χ2v) is 9.11. The van der Waals surface area contributed by atoms with Crippen LogP contribution >= 0.6 is 0 Å². The lowest BCUT2D eigenvalue weighted by molar-refractivity contribution is 0.0936.